The van der Waals surface area contributed by atoms with Crippen LogP contribution in [0.4, 0.5) is 5.95 Å². The number of imidazole rings is 1. The molecule has 0 atom stereocenters. The molecule has 1 aromatic heterocycles. The molecule has 0 amide bonds. The van der Waals surface area contributed by atoms with Gasteiger partial charge in [-0.2, -0.15) is 0 Å². The predicted octanol–water partition coefficient (Wildman–Crippen LogP) is 2.66. The second-order valence-electron chi connectivity index (χ2n) is 5.14. The summed E-state index contributed by atoms with van der Waals surface area (Å²) in [4.78, 5) is 7.42. The highest BCUT2D eigenvalue weighted by molar-refractivity contribution is 5.65. The fourth-order valence-electron chi connectivity index (χ4n) is 1.76. The van der Waals surface area contributed by atoms with Gasteiger partial charge in [-0.1, -0.05) is 20.8 Å². The molecular formula is C13H17N3O. The van der Waals surface area contributed by atoms with Gasteiger partial charge in [0.2, 0.25) is 0 Å². The number of aromatic hydroxyl groups is 1. The lowest BCUT2D eigenvalue weighted by Crippen LogP contribution is -2.13. The molecule has 0 aliphatic carbocycles. The Kier molecular flexibility index (Phi) is 2.58. The number of phenols is 1. The molecule has 0 saturated carbocycles. The molecule has 4 heteroatoms. The molecule has 0 radical (unpaired) electrons. The molecule has 0 spiro atoms. The van der Waals surface area contributed by atoms with E-state index >= 15 is 0 Å². The molecule has 90 valence electrons. The maximum atomic E-state index is 9.29. The molecule has 17 heavy (non-hydrogen) atoms. The first kappa shape index (κ1) is 11.5. The molecule has 1 aromatic carbocycles. The Bertz CT molecular complexity index is 521. The minimum absolute atomic E-state index is 0.0577. The van der Waals surface area contributed by atoms with Crippen LogP contribution in [0.25, 0.3) is 11.3 Å². The Balaban J connectivity index is 2.55. The Morgan fingerprint density at radius 3 is 2.29 bits per heavy atom. The molecule has 2 rings (SSSR count). The second-order valence-corrected chi connectivity index (χ2v) is 5.14. The minimum Gasteiger partial charge on any atom is -0.508 e. The highest BCUT2D eigenvalue weighted by atomic mass is 16.3. The summed E-state index contributed by atoms with van der Waals surface area (Å²) in [6.07, 6.45) is 0. The zero-order valence-electron chi connectivity index (χ0n) is 10.3. The number of nitrogen functional groups attached to an aromatic ring is 1. The van der Waals surface area contributed by atoms with Crippen LogP contribution in [-0.4, -0.2) is 15.1 Å². The lowest BCUT2D eigenvalue weighted by molar-refractivity contribution is 0.475. The summed E-state index contributed by atoms with van der Waals surface area (Å²) in [6.45, 7) is 6.30. The first-order chi connectivity index (χ1) is 7.88. The molecule has 2 aromatic rings. The number of rotatable bonds is 1. The average Bonchev–Trinajstić information content (AvgIpc) is 2.61. The molecule has 0 bridgehead atoms. The molecular weight excluding hydrogens is 214 g/mol. The number of benzene rings is 1. The van der Waals surface area contributed by atoms with Crippen molar-refractivity contribution in [1.29, 1.82) is 0 Å². The minimum atomic E-state index is -0.0577. The number of phenolic OH excluding ortho intramolecular Hbond substituents is 1. The van der Waals surface area contributed by atoms with E-state index < -0.39 is 0 Å². The molecule has 0 fully saturated rings. The summed E-state index contributed by atoms with van der Waals surface area (Å²) in [5.74, 6) is 0.660. The van der Waals surface area contributed by atoms with Crippen molar-refractivity contribution in [3.63, 3.8) is 0 Å². The summed E-state index contributed by atoms with van der Waals surface area (Å²) in [6, 6.07) is 6.96. The van der Waals surface area contributed by atoms with Crippen LogP contribution in [0.5, 0.6) is 5.75 Å². The highest BCUT2D eigenvalue weighted by Gasteiger charge is 2.22. The number of aromatic amines is 1. The third-order valence-corrected chi connectivity index (χ3v) is 2.61. The van der Waals surface area contributed by atoms with Crippen molar-refractivity contribution in [3.05, 3.63) is 30.0 Å². The van der Waals surface area contributed by atoms with Gasteiger partial charge < -0.3 is 15.8 Å². The van der Waals surface area contributed by atoms with E-state index in [1.165, 1.54) is 0 Å². The van der Waals surface area contributed by atoms with Crippen molar-refractivity contribution < 1.29 is 5.11 Å². The van der Waals surface area contributed by atoms with Crippen LogP contribution in [0.3, 0.4) is 0 Å². The number of nitrogens with zero attached hydrogens (tertiary/aromatic N) is 1. The predicted molar refractivity (Wildman–Crippen MR) is 68.8 cm³/mol. The first-order valence-electron chi connectivity index (χ1n) is 5.53. The number of H-pyrrole nitrogens is 1. The van der Waals surface area contributed by atoms with Gasteiger partial charge >= 0.3 is 0 Å². The summed E-state index contributed by atoms with van der Waals surface area (Å²) in [5, 5.41) is 9.29. The topological polar surface area (TPSA) is 74.9 Å². The molecule has 0 saturated heterocycles. The fourth-order valence-corrected chi connectivity index (χ4v) is 1.76. The zero-order valence-corrected chi connectivity index (χ0v) is 10.3. The van der Waals surface area contributed by atoms with Gasteiger partial charge in [0, 0.05) is 16.7 Å². The SMILES string of the molecule is CC(C)(C)c1[nH]c(N)nc1-c1ccc(O)cc1. The van der Waals surface area contributed by atoms with E-state index in [1.54, 1.807) is 12.1 Å². The third-order valence-electron chi connectivity index (χ3n) is 2.61. The molecule has 4 nitrogen and oxygen atoms in total. The van der Waals surface area contributed by atoms with Crippen LogP contribution < -0.4 is 5.73 Å². The van der Waals surface area contributed by atoms with Crippen molar-refractivity contribution in [2.24, 2.45) is 0 Å². The van der Waals surface area contributed by atoms with Crippen LogP contribution >= 0.6 is 0 Å². The van der Waals surface area contributed by atoms with E-state index in [0.29, 0.717) is 5.95 Å². The van der Waals surface area contributed by atoms with Crippen LogP contribution in [0.2, 0.25) is 0 Å². The smallest absolute Gasteiger partial charge is 0.198 e. The standard InChI is InChI=1S/C13H17N3O/c1-13(2,3)11-10(15-12(14)16-11)8-4-6-9(17)7-5-8/h4-7,17H,1-3H3,(H3,14,15,16). The van der Waals surface area contributed by atoms with Gasteiger partial charge in [0.1, 0.15) is 5.75 Å². The molecule has 0 aliphatic heterocycles. The van der Waals surface area contributed by atoms with E-state index in [-0.39, 0.29) is 11.2 Å². The highest BCUT2D eigenvalue weighted by Crippen LogP contribution is 2.32. The molecule has 1 heterocycles. The fraction of sp³-hybridized carbons (Fsp3) is 0.308. The number of hydrogen-bond donors (Lipinski definition) is 3. The van der Waals surface area contributed by atoms with Gasteiger partial charge in [0.05, 0.1) is 5.69 Å². The number of nitrogens with two attached hydrogens (primary N) is 1. The molecule has 0 aliphatic rings. The number of nitrogens with one attached hydrogen (secondary N) is 1. The Morgan fingerprint density at radius 1 is 1.18 bits per heavy atom. The van der Waals surface area contributed by atoms with E-state index in [2.05, 4.69) is 30.7 Å². The first-order valence-corrected chi connectivity index (χ1v) is 5.53. The van der Waals surface area contributed by atoms with E-state index in [9.17, 15) is 5.11 Å². The monoisotopic (exact) mass is 231 g/mol. The van der Waals surface area contributed by atoms with Crippen molar-refractivity contribution >= 4 is 5.95 Å². The summed E-state index contributed by atoms with van der Waals surface area (Å²) < 4.78 is 0. The van der Waals surface area contributed by atoms with Crippen LogP contribution in [0.1, 0.15) is 26.5 Å². The number of hydrogen-bond acceptors (Lipinski definition) is 3. The molecule has 0 unspecified atom stereocenters. The summed E-state index contributed by atoms with van der Waals surface area (Å²) in [5.41, 5.74) is 8.46. The van der Waals surface area contributed by atoms with E-state index in [0.717, 1.165) is 17.0 Å². The van der Waals surface area contributed by atoms with Crippen LogP contribution in [0, 0.1) is 0 Å². The van der Waals surface area contributed by atoms with Crippen molar-refractivity contribution in [3.8, 4) is 17.0 Å². The van der Waals surface area contributed by atoms with Gasteiger partial charge in [-0.05, 0) is 24.3 Å². The van der Waals surface area contributed by atoms with Crippen LogP contribution in [-0.2, 0) is 5.41 Å². The second kappa shape index (κ2) is 3.80. The Hall–Kier alpha value is -1.97. The van der Waals surface area contributed by atoms with Gasteiger partial charge in [-0.15, -0.1) is 0 Å². The third kappa shape index (κ3) is 2.25. The lowest BCUT2D eigenvalue weighted by Gasteiger charge is -2.18. The number of anilines is 1. The maximum absolute atomic E-state index is 9.29. The van der Waals surface area contributed by atoms with Crippen molar-refractivity contribution in [2.75, 3.05) is 5.73 Å². The van der Waals surface area contributed by atoms with E-state index in [4.69, 9.17) is 5.73 Å². The Labute approximate surface area is 101 Å². The van der Waals surface area contributed by atoms with Crippen molar-refractivity contribution in [1.82, 2.24) is 9.97 Å². The number of aromatic nitrogens is 2. The zero-order chi connectivity index (χ0) is 12.6. The van der Waals surface area contributed by atoms with Gasteiger partial charge in [-0.3, -0.25) is 0 Å². The quantitative estimate of drug-likeness (QED) is 0.706. The van der Waals surface area contributed by atoms with Gasteiger partial charge in [-0.25, -0.2) is 4.98 Å². The van der Waals surface area contributed by atoms with E-state index in [1.807, 2.05) is 12.1 Å². The van der Waals surface area contributed by atoms with Crippen molar-refractivity contribution in [2.45, 2.75) is 26.2 Å². The van der Waals surface area contributed by atoms with Gasteiger partial charge in [0.25, 0.3) is 0 Å². The van der Waals surface area contributed by atoms with Crippen LogP contribution in [0.15, 0.2) is 24.3 Å². The average molecular weight is 231 g/mol. The summed E-state index contributed by atoms with van der Waals surface area (Å²) in [7, 11) is 0. The largest absolute Gasteiger partial charge is 0.508 e. The maximum Gasteiger partial charge on any atom is 0.198 e. The van der Waals surface area contributed by atoms with Gasteiger partial charge in [0.15, 0.2) is 5.95 Å². The molecule has 4 N–H and O–H groups in total. The Morgan fingerprint density at radius 2 is 1.76 bits per heavy atom. The summed E-state index contributed by atoms with van der Waals surface area (Å²) >= 11 is 0. The lowest BCUT2D eigenvalue weighted by atomic mass is 9.89. The normalized spacial score (nSPS) is 11.7.